The molecule has 9 heteroatoms. The third kappa shape index (κ3) is 1.04. The van der Waals surface area contributed by atoms with E-state index in [2.05, 4.69) is 10.0 Å². The zero-order valence-corrected chi connectivity index (χ0v) is 12.1. The van der Waals surface area contributed by atoms with Crippen LogP contribution < -0.4 is 0 Å². The van der Waals surface area contributed by atoms with Crippen LogP contribution in [0.25, 0.3) is 10.4 Å². The summed E-state index contributed by atoms with van der Waals surface area (Å²) in [7, 11) is 0. The van der Waals surface area contributed by atoms with Crippen molar-refractivity contribution in [1.29, 1.82) is 0 Å². The van der Waals surface area contributed by atoms with Gasteiger partial charge < -0.3 is 30.3 Å². The molecule has 0 bridgehead atoms. The highest BCUT2D eigenvalue weighted by Crippen LogP contribution is 2.78. The number of fused-ring (bicyclic) bond motifs is 1. The fourth-order valence-electron chi connectivity index (χ4n) is 3.99. The van der Waals surface area contributed by atoms with Gasteiger partial charge in [-0.3, -0.25) is 0 Å². The van der Waals surface area contributed by atoms with Gasteiger partial charge in [-0.05, 0) is 5.53 Å². The molecule has 2 aliphatic carbocycles. The molecule has 1 aliphatic heterocycles. The first-order valence-corrected chi connectivity index (χ1v) is 6.62. The lowest BCUT2D eigenvalue weighted by Gasteiger charge is -2.36. The molecule has 1 heterocycles. The van der Waals surface area contributed by atoms with Gasteiger partial charge >= 0.3 is 0 Å². The Morgan fingerprint density at radius 3 is 1.95 bits per heavy atom. The minimum atomic E-state index is -2.61. The molecule has 0 aromatic rings. The standard InChI is InChI=1S/C12H19N3O6/c1-7(2)5(16)9(7,17)6-10(18,14-15-13)11(19)8(3,4)12(11,20)21-6/h5-6,16-20H,1-4H3/t5?,6-,9-,10-,11-,12+/m1/s1. The van der Waals surface area contributed by atoms with E-state index in [-0.39, 0.29) is 0 Å². The van der Waals surface area contributed by atoms with Crippen molar-refractivity contribution in [3.05, 3.63) is 10.4 Å². The Bertz CT molecular complexity index is 590. The number of rotatable bonds is 2. The van der Waals surface area contributed by atoms with Crippen molar-refractivity contribution in [3.63, 3.8) is 0 Å². The van der Waals surface area contributed by atoms with Crippen molar-refractivity contribution >= 4 is 0 Å². The molecule has 0 amide bonds. The molecule has 6 atom stereocenters. The topological polar surface area (TPSA) is 159 Å². The average molecular weight is 301 g/mol. The first-order chi connectivity index (χ1) is 9.30. The molecule has 0 aromatic heterocycles. The van der Waals surface area contributed by atoms with Gasteiger partial charge in [-0.1, -0.05) is 32.8 Å². The Hall–Kier alpha value is -0.930. The summed E-state index contributed by atoms with van der Waals surface area (Å²) in [5.41, 5.74) is -0.495. The summed E-state index contributed by atoms with van der Waals surface area (Å²) in [6.07, 6.45) is -2.92. The van der Waals surface area contributed by atoms with Crippen LogP contribution >= 0.6 is 0 Å². The zero-order chi connectivity index (χ0) is 16.3. The van der Waals surface area contributed by atoms with E-state index in [1.807, 2.05) is 0 Å². The highest BCUT2D eigenvalue weighted by molar-refractivity contribution is 5.43. The highest BCUT2D eigenvalue weighted by Gasteiger charge is 3.00. The quantitative estimate of drug-likeness (QED) is 0.249. The fourth-order valence-corrected chi connectivity index (χ4v) is 3.99. The lowest BCUT2D eigenvalue weighted by molar-refractivity contribution is -0.226. The van der Waals surface area contributed by atoms with Gasteiger partial charge in [0, 0.05) is 10.3 Å². The van der Waals surface area contributed by atoms with Crippen molar-refractivity contribution in [1.82, 2.24) is 0 Å². The predicted molar refractivity (Wildman–Crippen MR) is 67.4 cm³/mol. The third-order valence-corrected chi connectivity index (χ3v) is 6.01. The van der Waals surface area contributed by atoms with Crippen molar-refractivity contribution < 1.29 is 30.3 Å². The van der Waals surface area contributed by atoms with Crippen LogP contribution in [0.5, 0.6) is 0 Å². The lowest BCUT2D eigenvalue weighted by Crippen LogP contribution is -2.58. The minimum Gasteiger partial charge on any atom is -0.389 e. The molecule has 1 saturated heterocycles. The number of azide groups is 1. The van der Waals surface area contributed by atoms with Crippen LogP contribution in [-0.4, -0.2) is 60.5 Å². The maximum absolute atomic E-state index is 10.7. The van der Waals surface area contributed by atoms with Crippen molar-refractivity contribution in [2.24, 2.45) is 15.9 Å². The highest BCUT2D eigenvalue weighted by atomic mass is 16.7. The third-order valence-electron chi connectivity index (χ3n) is 6.01. The number of aliphatic hydroxyl groups is 5. The molecule has 3 fully saturated rings. The molecule has 0 aromatic carbocycles. The van der Waals surface area contributed by atoms with Gasteiger partial charge in [0.15, 0.2) is 5.60 Å². The largest absolute Gasteiger partial charge is 0.389 e. The molecule has 9 nitrogen and oxygen atoms in total. The number of nitrogens with zero attached hydrogens (tertiary/aromatic N) is 3. The fraction of sp³-hybridized carbons (Fsp3) is 1.00. The molecular formula is C12H19N3O6. The number of hydrogen-bond donors (Lipinski definition) is 5. The van der Waals surface area contributed by atoms with Gasteiger partial charge in [0.2, 0.25) is 11.5 Å². The summed E-state index contributed by atoms with van der Waals surface area (Å²) in [6.45, 7) is 5.92. The monoisotopic (exact) mass is 301 g/mol. The molecule has 2 saturated carbocycles. The molecule has 0 radical (unpaired) electrons. The van der Waals surface area contributed by atoms with Crippen molar-refractivity contribution in [2.45, 2.75) is 62.6 Å². The SMILES string of the molecule is CC1(C)C(O)[C@@]1(O)[C@H]1O[C@@]2(O)C(C)(C)[C@@]2(O)[C@@]1(O)N=[N+]=[N-]. The van der Waals surface area contributed by atoms with Crippen LogP contribution in [0.15, 0.2) is 5.11 Å². The van der Waals surface area contributed by atoms with Crippen molar-refractivity contribution in [2.75, 3.05) is 0 Å². The Morgan fingerprint density at radius 1 is 1.10 bits per heavy atom. The van der Waals surface area contributed by atoms with E-state index in [1.54, 1.807) is 0 Å². The average Bonchev–Trinajstić information content (AvgIpc) is 2.86. The summed E-state index contributed by atoms with van der Waals surface area (Å²) in [4.78, 5) is 2.50. The first kappa shape index (κ1) is 15.0. The van der Waals surface area contributed by atoms with E-state index in [4.69, 9.17) is 10.3 Å². The maximum Gasteiger partial charge on any atom is 0.207 e. The van der Waals surface area contributed by atoms with Crippen LogP contribution in [0.3, 0.4) is 0 Å². The number of ether oxygens (including phenoxy) is 1. The van der Waals surface area contributed by atoms with Gasteiger partial charge in [-0.25, -0.2) is 0 Å². The second kappa shape index (κ2) is 3.21. The summed E-state index contributed by atoms with van der Waals surface area (Å²) in [5, 5.41) is 55.5. The van der Waals surface area contributed by atoms with Crippen LogP contribution in [0.2, 0.25) is 0 Å². The molecule has 1 unspecified atom stereocenters. The van der Waals surface area contributed by atoms with E-state index in [9.17, 15) is 25.5 Å². The van der Waals surface area contributed by atoms with Crippen LogP contribution in [-0.2, 0) is 4.74 Å². The molecule has 3 aliphatic rings. The predicted octanol–water partition coefficient (Wildman–Crippen LogP) is -1.02. The van der Waals surface area contributed by atoms with Gasteiger partial charge in [0.25, 0.3) is 0 Å². The summed E-state index contributed by atoms with van der Waals surface area (Å²) in [6, 6.07) is 0. The second-order valence-electron chi connectivity index (χ2n) is 7.34. The summed E-state index contributed by atoms with van der Waals surface area (Å²) >= 11 is 0. The van der Waals surface area contributed by atoms with E-state index in [1.165, 1.54) is 27.7 Å². The molecule has 21 heavy (non-hydrogen) atoms. The smallest absolute Gasteiger partial charge is 0.207 e. The van der Waals surface area contributed by atoms with E-state index < -0.39 is 45.8 Å². The molecule has 5 N–H and O–H groups in total. The summed E-state index contributed by atoms with van der Waals surface area (Å²) in [5.74, 6) is -2.18. The number of aliphatic hydroxyl groups excluding tert-OH is 1. The molecule has 0 spiro atoms. The van der Waals surface area contributed by atoms with Crippen LogP contribution in [0.4, 0.5) is 0 Å². The van der Waals surface area contributed by atoms with E-state index in [0.29, 0.717) is 0 Å². The Balaban J connectivity index is 2.14. The lowest BCUT2D eigenvalue weighted by atomic mass is 9.86. The van der Waals surface area contributed by atoms with Crippen LogP contribution in [0.1, 0.15) is 27.7 Å². The summed E-state index contributed by atoms with van der Waals surface area (Å²) < 4.78 is 5.32. The molecule has 3 rings (SSSR count). The maximum atomic E-state index is 10.7. The second-order valence-corrected chi connectivity index (χ2v) is 7.34. The Labute approximate surface area is 120 Å². The van der Waals surface area contributed by atoms with Gasteiger partial charge in [0.05, 0.1) is 11.5 Å². The Morgan fingerprint density at radius 2 is 1.57 bits per heavy atom. The van der Waals surface area contributed by atoms with E-state index >= 15 is 0 Å². The normalized spacial score (nSPS) is 59.1. The van der Waals surface area contributed by atoms with Gasteiger partial charge in [-0.15, -0.1) is 0 Å². The minimum absolute atomic E-state index is 1.05. The molecular weight excluding hydrogens is 282 g/mol. The van der Waals surface area contributed by atoms with E-state index in [0.717, 1.165) is 0 Å². The number of hydrogen-bond acceptors (Lipinski definition) is 7. The zero-order valence-electron chi connectivity index (χ0n) is 12.1. The van der Waals surface area contributed by atoms with Gasteiger partial charge in [0.1, 0.15) is 11.7 Å². The molecule has 118 valence electrons. The van der Waals surface area contributed by atoms with Crippen LogP contribution in [0, 0.1) is 10.8 Å². The first-order valence-electron chi connectivity index (χ1n) is 6.62. The van der Waals surface area contributed by atoms with Gasteiger partial charge in [-0.2, -0.15) is 0 Å². The Kier molecular flexibility index (Phi) is 2.29. The van der Waals surface area contributed by atoms with Crippen molar-refractivity contribution in [3.8, 4) is 0 Å².